The second-order valence-electron chi connectivity index (χ2n) is 3.93. The molecule has 2 rings (SSSR count). The number of nitrogens with zero attached hydrogens (tertiary/aromatic N) is 1. The predicted molar refractivity (Wildman–Crippen MR) is 63.9 cm³/mol. The number of benzene rings is 1. The Morgan fingerprint density at radius 1 is 1.28 bits per heavy atom. The van der Waals surface area contributed by atoms with Crippen LogP contribution in [-0.2, 0) is 6.54 Å². The van der Waals surface area contributed by atoms with E-state index in [-0.39, 0.29) is 0 Å². The zero-order chi connectivity index (χ0) is 13.0. The number of halogens is 2. The average molecular weight is 252 g/mol. The van der Waals surface area contributed by atoms with Gasteiger partial charge in [-0.25, -0.2) is 13.8 Å². The van der Waals surface area contributed by atoms with E-state index in [1.807, 2.05) is 0 Å². The van der Waals surface area contributed by atoms with Gasteiger partial charge in [-0.15, -0.1) is 0 Å². The van der Waals surface area contributed by atoms with Gasteiger partial charge in [-0.2, -0.15) is 0 Å². The van der Waals surface area contributed by atoms with E-state index < -0.39 is 11.6 Å². The summed E-state index contributed by atoms with van der Waals surface area (Å²) in [4.78, 5) is 4.07. The van der Waals surface area contributed by atoms with Crippen LogP contribution in [0, 0.1) is 11.6 Å². The molecule has 0 saturated heterocycles. The Kier molecular flexibility index (Phi) is 4.04. The van der Waals surface area contributed by atoms with Gasteiger partial charge in [0, 0.05) is 12.1 Å². The highest BCUT2D eigenvalue weighted by Crippen LogP contribution is 2.24. The molecule has 0 fully saturated rings. The van der Waals surface area contributed by atoms with E-state index in [4.69, 9.17) is 4.42 Å². The van der Waals surface area contributed by atoms with Crippen LogP contribution in [0.4, 0.5) is 8.78 Å². The summed E-state index contributed by atoms with van der Waals surface area (Å²) in [7, 11) is 0. The van der Waals surface area contributed by atoms with Gasteiger partial charge in [-0.3, -0.25) is 0 Å². The van der Waals surface area contributed by atoms with Crippen LogP contribution in [0.1, 0.15) is 19.0 Å². The first kappa shape index (κ1) is 12.7. The Morgan fingerprint density at radius 3 is 2.83 bits per heavy atom. The van der Waals surface area contributed by atoms with Crippen LogP contribution >= 0.6 is 0 Å². The fourth-order valence-electron chi connectivity index (χ4n) is 1.65. The van der Waals surface area contributed by atoms with E-state index in [9.17, 15) is 8.78 Å². The number of aromatic nitrogens is 1. The van der Waals surface area contributed by atoms with Crippen molar-refractivity contribution in [3.05, 3.63) is 41.9 Å². The van der Waals surface area contributed by atoms with Crippen molar-refractivity contribution >= 4 is 0 Å². The number of rotatable bonds is 5. The van der Waals surface area contributed by atoms with Gasteiger partial charge in [0.25, 0.3) is 0 Å². The second-order valence-corrected chi connectivity index (χ2v) is 3.93. The monoisotopic (exact) mass is 252 g/mol. The van der Waals surface area contributed by atoms with Gasteiger partial charge in [0.2, 0.25) is 0 Å². The molecule has 0 bridgehead atoms. The minimum Gasteiger partial charge on any atom is -0.443 e. The summed E-state index contributed by atoms with van der Waals surface area (Å²) < 4.78 is 31.2. The zero-order valence-corrected chi connectivity index (χ0v) is 10.0. The molecular weight excluding hydrogens is 238 g/mol. The molecule has 0 aliphatic rings. The van der Waals surface area contributed by atoms with Crippen LogP contribution in [0.5, 0.6) is 0 Å². The molecular formula is C13H14F2N2O. The number of nitrogens with one attached hydrogen (secondary N) is 1. The molecule has 0 saturated carbocycles. The van der Waals surface area contributed by atoms with E-state index in [0.29, 0.717) is 23.6 Å². The summed E-state index contributed by atoms with van der Waals surface area (Å²) in [5.41, 5.74) is 1.18. The summed E-state index contributed by atoms with van der Waals surface area (Å²) in [6, 6.07) is 3.66. The lowest BCUT2D eigenvalue weighted by Gasteiger charge is -2.03. The van der Waals surface area contributed by atoms with Crippen LogP contribution in [0.2, 0.25) is 0 Å². The number of oxazole rings is 1. The van der Waals surface area contributed by atoms with E-state index >= 15 is 0 Å². The molecule has 1 aromatic heterocycles. The molecule has 1 heterocycles. The van der Waals surface area contributed by atoms with Crippen LogP contribution < -0.4 is 5.32 Å². The lowest BCUT2D eigenvalue weighted by atomic mass is 10.1. The summed E-state index contributed by atoms with van der Waals surface area (Å²) in [6.45, 7) is 3.47. The lowest BCUT2D eigenvalue weighted by molar-refractivity contribution is 0.507. The molecule has 0 aliphatic heterocycles. The first-order chi connectivity index (χ1) is 8.72. The smallest absolute Gasteiger partial charge is 0.181 e. The van der Waals surface area contributed by atoms with Gasteiger partial charge >= 0.3 is 0 Å². The standard InChI is InChI=1S/C13H14F2N2O/c1-2-5-16-7-12-13(18-8-17-12)9-3-4-10(14)11(15)6-9/h3-4,6,8,16H,2,5,7H2,1H3. The van der Waals surface area contributed by atoms with E-state index in [1.54, 1.807) is 0 Å². The van der Waals surface area contributed by atoms with Gasteiger partial charge in [-0.1, -0.05) is 6.92 Å². The molecule has 96 valence electrons. The lowest BCUT2D eigenvalue weighted by Crippen LogP contribution is -2.14. The molecule has 1 aromatic carbocycles. The third kappa shape index (κ3) is 2.73. The quantitative estimate of drug-likeness (QED) is 0.831. The van der Waals surface area contributed by atoms with Gasteiger partial charge in [0.1, 0.15) is 5.69 Å². The van der Waals surface area contributed by atoms with Gasteiger partial charge in [0.15, 0.2) is 23.8 Å². The maximum absolute atomic E-state index is 13.2. The Balaban J connectivity index is 2.22. The zero-order valence-electron chi connectivity index (χ0n) is 10.0. The minimum absolute atomic E-state index is 0.470. The Hall–Kier alpha value is -1.75. The van der Waals surface area contributed by atoms with Gasteiger partial charge in [-0.05, 0) is 31.2 Å². The first-order valence-corrected chi connectivity index (χ1v) is 5.81. The minimum atomic E-state index is -0.892. The van der Waals surface area contributed by atoms with Crippen LogP contribution in [-0.4, -0.2) is 11.5 Å². The van der Waals surface area contributed by atoms with Gasteiger partial charge in [0.05, 0.1) is 0 Å². The van der Waals surface area contributed by atoms with Crippen molar-refractivity contribution in [2.75, 3.05) is 6.54 Å². The summed E-state index contributed by atoms with van der Waals surface area (Å²) in [5, 5.41) is 3.18. The molecule has 0 atom stereocenters. The third-order valence-corrected chi connectivity index (χ3v) is 2.54. The van der Waals surface area contributed by atoms with Crippen LogP contribution in [0.15, 0.2) is 29.0 Å². The Labute approximate surface area is 104 Å². The SMILES string of the molecule is CCCNCc1ncoc1-c1ccc(F)c(F)c1. The molecule has 0 amide bonds. The van der Waals surface area contributed by atoms with Crippen LogP contribution in [0.3, 0.4) is 0 Å². The molecule has 1 N–H and O–H groups in total. The maximum Gasteiger partial charge on any atom is 0.181 e. The van der Waals surface area contributed by atoms with Crippen molar-refractivity contribution in [2.45, 2.75) is 19.9 Å². The molecule has 2 aromatic rings. The maximum atomic E-state index is 13.2. The summed E-state index contributed by atoms with van der Waals surface area (Å²) in [5.74, 6) is -1.29. The molecule has 0 radical (unpaired) electrons. The Morgan fingerprint density at radius 2 is 2.11 bits per heavy atom. The second kappa shape index (κ2) is 5.73. The van der Waals surface area contributed by atoms with Crippen molar-refractivity contribution in [2.24, 2.45) is 0 Å². The predicted octanol–water partition coefficient (Wildman–Crippen LogP) is 3.12. The normalized spacial score (nSPS) is 10.8. The number of hydrogen-bond donors (Lipinski definition) is 1. The first-order valence-electron chi connectivity index (χ1n) is 5.81. The van der Waals surface area contributed by atoms with Crippen LogP contribution in [0.25, 0.3) is 11.3 Å². The fraction of sp³-hybridized carbons (Fsp3) is 0.308. The van der Waals surface area contributed by atoms with E-state index in [2.05, 4.69) is 17.2 Å². The van der Waals surface area contributed by atoms with Crippen molar-refractivity contribution in [3.8, 4) is 11.3 Å². The Bertz CT molecular complexity index is 525. The highest BCUT2D eigenvalue weighted by molar-refractivity contribution is 5.59. The third-order valence-electron chi connectivity index (χ3n) is 2.54. The largest absolute Gasteiger partial charge is 0.443 e. The van der Waals surface area contributed by atoms with Crippen molar-refractivity contribution in [3.63, 3.8) is 0 Å². The highest BCUT2D eigenvalue weighted by Gasteiger charge is 2.12. The van der Waals surface area contributed by atoms with Gasteiger partial charge < -0.3 is 9.73 Å². The van der Waals surface area contributed by atoms with Crippen molar-refractivity contribution in [1.29, 1.82) is 0 Å². The van der Waals surface area contributed by atoms with Crippen molar-refractivity contribution < 1.29 is 13.2 Å². The topological polar surface area (TPSA) is 38.1 Å². The summed E-state index contributed by atoms with van der Waals surface area (Å²) >= 11 is 0. The molecule has 5 heteroatoms. The highest BCUT2D eigenvalue weighted by atomic mass is 19.2. The molecule has 18 heavy (non-hydrogen) atoms. The average Bonchev–Trinajstić information content (AvgIpc) is 2.81. The van der Waals surface area contributed by atoms with Crippen molar-refractivity contribution in [1.82, 2.24) is 10.3 Å². The van der Waals surface area contributed by atoms with E-state index in [0.717, 1.165) is 25.1 Å². The molecule has 0 aliphatic carbocycles. The number of hydrogen-bond acceptors (Lipinski definition) is 3. The molecule has 3 nitrogen and oxygen atoms in total. The van der Waals surface area contributed by atoms with E-state index in [1.165, 1.54) is 12.5 Å². The molecule has 0 spiro atoms. The molecule has 0 unspecified atom stereocenters. The fourth-order valence-corrected chi connectivity index (χ4v) is 1.65. The summed E-state index contributed by atoms with van der Waals surface area (Å²) in [6.07, 6.45) is 2.32.